The monoisotopic (exact) mass is 500 g/mol. The number of amides is 1. The van der Waals surface area contributed by atoms with E-state index in [0.717, 1.165) is 6.07 Å². The highest BCUT2D eigenvalue weighted by molar-refractivity contribution is 9.10. The van der Waals surface area contributed by atoms with Crippen LogP contribution in [0.1, 0.15) is 24.0 Å². The summed E-state index contributed by atoms with van der Waals surface area (Å²) in [7, 11) is 0. The van der Waals surface area contributed by atoms with Crippen LogP contribution in [-0.4, -0.2) is 24.3 Å². The second-order valence-corrected chi connectivity index (χ2v) is 8.50. The lowest BCUT2D eigenvalue weighted by atomic mass is 9.85. The summed E-state index contributed by atoms with van der Waals surface area (Å²) >= 11 is 4.32. The fourth-order valence-electron chi connectivity index (χ4n) is 2.91. The fraction of sp³-hybridized carbons (Fsp3) is 0.333. The van der Waals surface area contributed by atoms with Crippen molar-refractivity contribution in [1.82, 2.24) is 5.32 Å². The third-order valence-corrected chi connectivity index (χ3v) is 5.92. The van der Waals surface area contributed by atoms with Crippen LogP contribution in [0.15, 0.2) is 46.9 Å². The summed E-state index contributed by atoms with van der Waals surface area (Å²) in [5.41, 5.74) is -1.54. The van der Waals surface area contributed by atoms with Gasteiger partial charge in [0, 0.05) is 10.0 Å². The highest BCUT2D eigenvalue weighted by atomic mass is 79.9. The Bertz CT molecular complexity index is 911. The second-order valence-electron chi connectivity index (χ2n) is 6.54. The van der Waals surface area contributed by atoms with Crippen LogP contribution in [0.2, 0.25) is 0 Å². The summed E-state index contributed by atoms with van der Waals surface area (Å²) in [6, 6.07) is 13.0. The van der Waals surface area contributed by atoms with E-state index in [9.17, 15) is 23.2 Å². The molecule has 2 rings (SSSR count). The number of carbonyl (C=O) groups excluding carboxylic acids is 1. The van der Waals surface area contributed by atoms with Gasteiger partial charge in [0.25, 0.3) is 0 Å². The number of nitrogens with zero attached hydrogens (tertiary/aromatic N) is 1. The van der Waals surface area contributed by atoms with Crippen LogP contribution in [0, 0.1) is 23.0 Å². The molecule has 0 saturated carbocycles. The predicted octanol–water partition coefficient (Wildman–Crippen LogP) is 5.85. The SMILES string of the molecule is CSC(C#N)CCC(CF)(NC(=O)OCc1ccccc1)c1cc(Br)cc(F)c1F. The molecule has 0 aliphatic heterocycles. The molecule has 0 aromatic heterocycles. The van der Waals surface area contributed by atoms with E-state index in [2.05, 4.69) is 27.3 Å². The average Bonchev–Trinajstić information content (AvgIpc) is 2.75. The van der Waals surface area contributed by atoms with E-state index >= 15 is 0 Å². The molecule has 2 aromatic rings. The maximum atomic E-state index is 14.6. The summed E-state index contributed by atoms with van der Waals surface area (Å²) in [6.07, 6.45) is 0.754. The number of nitrogens with one attached hydrogen (secondary N) is 1. The van der Waals surface area contributed by atoms with Crippen LogP contribution in [0.3, 0.4) is 0 Å². The van der Waals surface area contributed by atoms with Crippen molar-refractivity contribution in [2.24, 2.45) is 0 Å². The Hall–Kier alpha value is -2.18. The molecule has 0 fully saturated rings. The van der Waals surface area contributed by atoms with E-state index in [1.54, 1.807) is 36.6 Å². The number of nitriles is 1. The van der Waals surface area contributed by atoms with Gasteiger partial charge in [0.1, 0.15) is 13.3 Å². The van der Waals surface area contributed by atoms with Gasteiger partial charge < -0.3 is 10.1 Å². The summed E-state index contributed by atoms with van der Waals surface area (Å²) < 4.78 is 48.3. The van der Waals surface area contributed by atoms with E-state index in [-0.39, 0.29) is 29.5 Å². The van der Waals surface area contributed by atoms with Crippen LogP contribution in [-0.2, 0) is 16.9 Å². The summed E-state index contributed by atoms with van der Waals surface area (Å²) in [5.74, 6) is -2.45. The Balaban J connectivity index is 2.32. The first-order chi connectivity index (χ1) is 14.3. The third kappa shape index (κ3) is 6.16. The van der Waals surface area contributed by atoms with E-state index in [4.69, 9.17) is 4.74 Å². The van der Waals surface area contributed by atoms with Gasteiger partial charge in [-0.05, 0) is 36.8 Å². The molecule has 160 valence electrons. The predicted molar refractivity (Wildman–Crippen MR) is 114 cm³/mol. The van der Waals surface area contributed by atoms with Gasteiger partial charge in [0.15, 0.2) is 11.6 Å². The largest absolute Gasteiger partial charge is 0.445 e. The zero-order chi connectivity index (χ0) is 22.1. The molecular weight excluding hydrogens is 481 g/mol. The maximum Gasteiger partial charge on any atom is 0.408 e. The van der Waals surface area contributed by atoms with Crippen molar-refractivity contribution in [3.63, 3.8) is 0 Å². The minimum atomic E-state index is -1.90. The van der Waals surface area contributed by atoms with Crippen LogP contribution in [0.25, 0.3) is 0 Å². The molecule has 30 heavy (non-hydrogen) atoms. The number of ether oxygens (including phenoxy) is 1. The highest BCUT2D eigenvalue weighted by Crippen LogP contribution is 2.34. The smallest absolute Gasteiger partial charge is 0.408 e. The molecular formula is C21H20BrF3N2O2S. The lowest BCUT2D eigenvalue weighted by Crippen LogP contribution is -2.49. The van der Waals surface area contributed by atoms with Crippen molar-refractivity contribution in [1.29, 1.82) is 5.26 Å². The van der Waals surface area contributed by atoms with Crippen LogP contribution >= 0.6 is 27.7 Å². The van der Waals surface area contributed by atoms with Crippen molar-refractivity contribution in [2.45, 2.75) is 30.2 Å². The molecule has 0 radical (unpaired) electrons. The Morgan fingerprint density at radius 1 is 1.33 bits per heavy atom. The summed E-state index contributed by atoms with van der Waals surface area (Å²) in [6.45, 7) is -1.29. The molecule has 0 heterocycles. The van der Waals surface area contributed by atoms with Gasteiger partial charge in [-0.1, -0.05) is 46.3 Å². The molecule has 9 heteroatoms. The molecule has 0 spiro atoms. The molecule has 1 amide bonds. The molecule has 2 aromatic carbocycles. The topological polar surface area (TPSA) is 62.1 Å². The molecule has 4 nitrogen and oxygen atoms in total. The van der Waals surface area contributed by atoms with Crippen molar-refractivity contribution in [3.05, 3.63) is 69.7 Å². The van der Waals surface area contributed by atoms with Gasteiger partial charge in [0.2, 0.25) is 0 Å². The Kier molecular flexibility index (Phi) is 9.06. The minimum Gasteiger partial charge on any atom is -0.445 e. The zero-order valence-electron chi connectivity index (χ0n) is 16.1. The van der Waals surface area contributed by atoms with E-state index in [1.165, 1.54) is 17.8 Å². The summed E-state index contributed by atoms with van der Waals surface area (Å²) in [5, 5.41) is 11.1. The number of thioether (sulfide) groups is 1. The minimum absolute atomic E-state index is 0.0734. The highest BCUT2D eigenvalue weighted by Gasteiger charge is 2.39. The lowest BCUT2D eigenvalue weighted by molar-refractivity contribution is 0.115. The van der Waals surface area contributed by atoms with Gasteiger partial charge in [0.05, 0.1) is 16.9 Å². The standard InChI is InChI=1S/C21H20BrF3N2O2S/c1-30-16(11-26)7-8-21(13-23,17-9-15(22)10-18(24)19(17)25)27-20(28)29-12-14-5-3-2-4-6-14/h2-6,9-10,16H,7-8,12-13H2,1H3,(H,27,28). The normalized spacial score (nSPS) is 13.7. The number of hydrogen-bond acceptors (Lipinski definition) is 4. The van der Waals surface area contributed by atoms with E-state index in [1.807, 2.05) is 0 Å². The van der Waals surface area contributed by atoms with E-state index in [0.29, 0.717) is 5.56 Å². The van der Waals surface area contributed by atoms with Crippen molar-refractivity contribution >= 4 is 33.8 Å². The van der Waals surface area contributed by atoms with E-state index < -0.39 is 35.2 Å². The fourth-order valence-corrected chi connectivity index (χ4v) is 3.80. The van der Waals surface area contributed by atoms with Gasteiger partial charge in [-0.25, -0.2) is 18.0 Å². The molecule has 0 aliphatic rings. The van der Waals surface area contributed by atoms with Crippen molar-refractivity contribution in [3.8, 4) is 6.07 Å². The lowest BCUT2D eigenvalue weighted by Gasteiger charge is -2.33. The molecule has 2 atom stereocenters. The number of rotatable bonds is 9. The Morgan fingerprint density at radius 2 is 2.03 bits per heavy atom. The first-order valence-corrected chi connectivity index (χ1v) is 11.1. The second kappa shape index (κ2) is 11.3. The van der Waals surface area contributed by atoms with Gasteiger partial charge in [-0.3, -0.25) is 0 Å². The van der Waals surface area contributed by atoms with Crippen LogP contribution < -0.4 is 5.32 Å². The number of hydrogen-bond donors (Lipinski definition) is 1. The van der Waals surface area contributed by atoms with Gasteiger partial charge >= 0.3 is 6.09 Å². The number of halogens is 4. The number of carbonyl (C=O) groups is 1. The number of benzene rings is 2. The van der Waals surface area contributed by atoms with Gasteiger partial charge in [-0.2, -0.15) is 5.26 Å². The molecule has 0 bridgehead atoms. The molecule has 0 aliphatic carbocycles. The van der Waals surface area contributed by atoms with Crippen LogP contribution in [0.4, 0.5) is 18.0 Å². The van der Waals surface area contributed by atoms with Crippen LogP contribution in [0.5, 0.6) is 0 Å². The number of alkyl carbamates (subject to hydrolysis) is 1. The zero-order valence-corrected chi connectivity index (χ0v) is 18.5. The molecule has 0 saturated heterocycles. The van der Waals surface area contributed by atoms with Crippen molar-refractivity contribution in [2.75, 3.05) is 12.9 Å². The molecule has 1 N–H and O–H groups in total. The maximum absolute atomic E-state index is 14.6. The first-order valence-electron chi connectivity index (χ1n) is 8.97. The third-order valence-electron chi connectivity index (χ3n) is 4.55. The van der Waals surface area contributed by atoms with Crippen molar-refractivity contribution < 1.29 is 22.7 Å². The quantitative estimate of drug-likeness (QED) is 0.438. The van der Waals surface area contributed by atoms with Gasteiger partial charge in [-0.15, -0.1) is 11.8 Å². The molecule has 2 unspecified atom stereocenters. The number of alkyl halides is 1. The Morgan fingerprint density at radius 3 is 2.63 bits per heavy atom. The first kappa shape index (κ1) is 24.1. The Labute approximate surface area is 185 Å². The average molecular weight is 501 g/mol. The summed E-state index contributed by atoms with van der Waals surface area (Å²) in [4.78, 5) is 12.4.